The first-order valence-corrected chi connectivity index (χ1v) is 10.6. The molecular formula is C23H21ClFN5O4. The lowest BCUT2D eigenvalue weighted by molar-refractivity contribution is 0.0686. The minimum Gasteiger partial charge on any atom is -0.470 e. The van der Waals surface area contributed by atoms with Gasteiger partial charge in [-0.1, -0.05) is 23.7 Å². The van der Waals surface area contributed by atoms with Gasteiger partial charge < -0.3 is 14.3 Å². The molecule has 176 valence electrons. The summed E-state index contributed by atoms with van der Waals surface area (Å²) in [6.07, 6.45) is 2.44. The molecule has 0 bridgehead atoms. The molecule has 9 nitrogen and oxygen atoms in total. The van der Waals surface area contributed by atoms with Gasteiger partial charge in [0.15, 0.2) is 22.6 Å². The largest absolute Gasteiger partial charge is 0.470 e. The molecule has 0 fully saturated rings. The predicted molar refractivity (Wildman–Crippen MR) is 121 cm³/mol. The minimum atomic E-state index is -1.36. The molecule has 0 unspecified atom stereocenters. The van der Waals surface area contributed by atoms with Crippen LogP contribution in [0.15, 0.2) is 45.9 Å². The third-order valence-electron chi connectivity index (χ3n) is 4.86. The second kappa shape index (κ2) is 8.96. The molecule has 0 aliphatic carbocycles. The van der Waals surface area contributed by atoms with Crippen molar-refractivity contribution in [3.8, 4) is 22.8 Å². The summed E-state index contributed by atoms with van der Waals surface area (Å²) in [6.45, 7) is 6.36. The van der Waals surface area contributed by atoms with Crippen molar-refractivity contribution in [2.75, 3.05) is 0 Å². The molecule has 1 N–H and O–H groups in total. The Morgan fingerprint density at radius 2 is 2.00 bits per heavy atom. The average molecular weight is 486 g/mol. The molecule has 3 heterocycles. The molecule has 11 heteroatoms. The Labute approximate surface area is 198 Å². The molecule has 0 atom stereocenters. The molecule has 0 saturated carbocycles. The number of rotatable bonds is 6. The van der Waals surface area contributed by atoms with Crippen LogP contribution in [0.2, 0.25) is 5.02 Å². The normalized spacial score (nSPS) is 11.6. The fraction of sp³-hybridized carbons (Fsp3) is 0.261. The summed E-state index contributed by atoms with van der Waals surface area (Å²) in [5.74, 6) is 0.152. The second-order valence-electron chi connectivity index (χ2n) is 8.06. The molecule has 1 aromatic carbocycles. The van der Waals surface area contributed by atoms with Gasteiger partial charge in [0.05, 0.1) is 11.9 Å². The number of nitrogens with zero attached hydrogens (tertiary/aromatic N) is 5. The maximum atomic E-state index is 14.5. The zero-order valence-electron chi connectivity index (χ0n) is 18.8. The van der Waals surface area contributed by atoms with E-state index < -0.39 is 17.0 Å². The lowest BCUT2D eigenvalue weighted by atomic mass is 10.1. The molecule has 4 rings (SSSR count). The Bertz CT molecular complexity index is 1430. The van der Waals surface area contributed by atoms with E-state index in [2.05, 4.69) is 19.9 Å². The Morgan fingerprint density at radius 3 is 2.68 bits per heavy atom. The summed E-state index contributed by atoms with van der Waals surface area (Å²) < 4.78 is 26.5. The Morgan fingerprint density at radius 1 is 1.24 bits per heavy atom. The fourth-order valence-corrected chi connectivity index (χ4v) is 3.44. The van der Waals surface area contributed by atoms with E-state index in [9.17, 15) is 14.3 Å². The van der Waals surface area contributed by atoms with Crippen LogP contribution in [0.25, 0.3) is 16.9 Å². The van der Waals surface area contributed by atoms with Crippen molar-refractivity contribution in [1.29, 1.82) is 0 Å². The number of aromatic nitrogens is 5. The van der Waals surface area contributed by atoms with Crippen LogP contribution in [0.3, 0.4) is 0 Å². The Hall–Kier alpha value is -3.63. The average Bonchev–Trinajstić information content (AvgIpc) is 3.20. The topological polar surface area (TPSA) is 116 Å². The van der Waals surface area contributed by atoms with E-state index in [0.717, 1.165) is 6.20 Å². The van der Waals surface area contributed by atoms with Gasteiger partial charge in [-0.05, 0) is 32.9 Å². The maximum Gasteiger partial charge on any atom is 0.280 e. The molecule has 0 amide bonds. The van der Waals surface area contributed by atoms with Crippen LogP contribution >= 0.6 is 11.6 Å². The minimum absolute atomic E-state index is 0.0124. The lowest BCUT2D eigenvalue weighted by Crippen LogP contribution is -2.23. The van der Waals surface area contributed by atoms with E-state index in [1.54, 1.807) is 38.1 Å². The van der Waals surface area contributed by atoms with Gasteiger partial charge in [0.1, 0.15) is 35.7 Å². The molecule has 0 aliphatic heterocycles. The van der Waals surface area contributed by atoms with Crippen LogP contribution in [-0.4, -0.2) is 29.6 Å². The Balaban J connectivity index is 1.72. The monoisotopic (exact) mass is 485 g/mol. The Kier molecular flexibility index (Phi) is 6.20. The first-order chi connectivity index (χ1) is 16.0. The van der Waals surface area contributed by atoms with Crippen molar-refractivity contribution >= 4 is 11.6 Å². The van der Waals surface area contributed by atoms with Gasteiger partial charge in [-0.3, -0.25) is 9.36 Å². The van der Waals surface area contributed by atoms with Crippen molar-refractivity contribution in [1.82, 2.24) is 24.5 Å². The third kappa shape index (κ3) is 4.68. The first-order valence-electron chi connectivity index (χ1n) is 10.2. The van der Waals surface area contributed by atoms with Gasteiger partial charge in [0.2, 0.25) is 5.88 Å². The van der Waals surface area contributed by atoms with Crippen LogP contribution in [0.1, 0.15) is 37.1 Å². The highest BCUT2D eigenvalue weighted by Crippen LogP contribution is 2.26. The van der Waals surface area contributed by atoms with Gasteiger partial charge in [-0.25, -0.2) is 19.3 Å². The number of hydrogen-bond donors (Lipinski definition) is 1. The molecule has 0 spiro atoms. The SMILES string of the molecule is Cc1nc(COc2nc(C)n(-c3cccc(-c4nc(C(C)(C)O)ncc4F)c3)c(=O)c2Cl)co1. The highest BCUT2D eigenvalue weighted by atomic mass is 35.5. The highest BCUT2D eigenvalue weighted by Gasteiger charge is 2.22. The maximum absolute atomic E-state index is 14.5. The quantitative estimate of drug-likeness (QED) is 0.437. The van der Waals surface area contributed by atoms with Crippen molar-refractivity contribution in [3.63, 3.8) is 0 Å². The second-order valence-corrected chi connectivity index (χ2v) is 8.44. The summed E-state index contributed by atoms with van der Waals surface area (Å²) in [5.41, 5.74) is -0.615. The van der Waals surface area contributed by atoms with Gasteiger partial charge in [0.25, 0.3) is 5.56 Å². The summed E-state index contributed by atoms with van der Waals surface area (Å²) in [4.78, 5) is 29.6. The molecule has 3 aromatic heterocycles. The van der Waals surface area contributed by atoms with Gasteiger partial charge in [-0.2, -0.15) is 4.98 Å². The standard InChI is InChI=1S/C23H21ClFN5O4/c1-12-27-20(34-11-15-10-33-13(2)28-15)18(24)21(31)30(12)16-7-5-6-14(8-16)19-17(25)9-26-22(29-19)23(3,4)32/h5-10,32H,11H2,1-4H3. The molecule has 34 heavy (non-hydrogen) atoms. The van der Waals surface area contributed by atoms with Crippen LogP contribution in [0.5, 0.6) is 5.88 Å². The van der Waals surface area contributed by atoms with E-state index in [4.69, 9.17) is 20.8 Å². The molecule has 0 aliphatic rings. The van der Waals surface area contributed by atoms with E-state index in [0.29, 0.717) is 28.7 Å². The molecule has 0 saturated heterocycles. The van der Waals surface area contributed by atoms with E-state index in [-0.39, 0.29) is 29.0 Å². The zero-order chi connectivity index (χ0) is 24.6. The summed E-state index contributed by atoms with van der Waals surface area (Å²) >= 11 is 6.27. The van der Waals surface area contributed by atoms with Crippen LogP contribution in [0, 0.1) is 19.7 Å². The van der Waals surface area contributed by atoms with Gasteiger partial charge in [0, 0.05) is 12.5 Å². The van der Waals surface area contributed by atoms with Crippen LogP contribution in [0.4, 0.5) is 4.39 Å². The van der Waals surface area contributed by atoms with E-state index in [1.165, 1.54) is 24.7 Å². The highest BCUT2D eigenvalue weighted by molar-refractivity contribution is 6.31. The van der Waals surface area contributed by atoms with Crippen LogP contribution < -0.4 is 10.3 Å². The molecule has 0 radical (unpaired) electrons. The molecule has 4 aromatic rings. The number of aryl methyl sites for hydroxylation is 2. The fourth-order valence-electron chi connectivity index (χ4n) is 3.26. The van der Waals surface area contributed by atoms with Crippen molar-refractivity contribution in [3.05, 3.63) is 81.2 Å². The van der Waals surface area contributed by atoms with Crippen molar-refractivity contribution < 1.29 is 18.7 Å². The lowest BCUT2D eigenvalue weighted by Gasteiger charge is -2.17. The number of oxazole rings is 1. The van der Waals surface area contributed by atoms with E-state index >= 15 is 0 Å². The van der Waals surface area contributed by atoms with Gasteiger partial charge >= 0.3 is 0 Å². The van der Waals surface area contributed by atoms with Crippen LogP contribution in [-0.2, 0) is 12.2 Å². The third-order valence-corrected chi connectivity index (χ3v) is 5.18. The molecular weight excluding hydrogens is 465 g/mol. The summed E-state index contributed by atoms with van der Waals surface area (Å²) in [7, 11) is 0. The van der Waals surface area contributed by atoms with E-state index in [1.807, 2.05) is 0 Å². The van der Waals surface area contributed by atoms with Crippen molar-refractivity contribution in [2.24, 2.45) is 0 Å². The zero-order valence-corrected chi connectivity index (χ0v) is 19.6. The number of hydrogen-bond acceptors (Lipinski definition) is 8. The number of halogens is 2. The van der Waals surface area contributed by atoms with Gasteiger partial charge in [-0.15, -0.1) is 0 Å². The predicted octanol–water partition coefficient (Wildman–Crippen LogP) is 3.89. The number of aliphatic hydroxyl groups is 1. The smallest absolute Gasteiger partial charge is 0.280 e. The first kappa shape index (κ1) is 23.5. The number of benzene rings is 1. The van der Waals surface area contributed by atoms with Crippen molar-refractivity contribution in [2.45, 2.75) is 39.9 Å². The number of ether oxygens (including phenoxy) is 1. The summed E-state index contributed by atoms with van der Waals surface area (Å²) in [6, 6.07) is 6.51. The summed E-state index contributed by atoms with van der Waals surface area (Å²) in [5, 5.41) is 9.98.